The largest absolute Gasteiger partial charge is 0.480 e. The van der Waals surface area contributed by atoms with Crippen molar-refractivity contribution in [2.45, 2.75) is 65.1 Å². The minimum absolute atomic E-state index is 0.0305. The number of hydrogen-bond donors (Lipinski definition) is 4. The number of benzene rings is 2. The Morgan fingerprint density at radius 3 is 2.38 bits per heavy atom. The molecule has 0 saturated carbocycles. The SMILES string of the molecule is CCCCc1nc(CNC(=O)CCC(NC(C)=O)C(=O)O)nn1Cc1ccc(-c2ccccc2C(=O)O)cc1. The summed E-state index contributed by atoms with van der Waals surface area (Å²) in [6.45, 7) is 3.85. The van der Waals surface area contributed by atoms with Gasteiger partial charge in [-0.05, 0) is 35.6 Å². The van der Waals surface area contributed by atoms with Gasteiger partial charge < -0.3 is 20.8 Å². The number of aliphatic carboxylic acids is 1. The van der Waals surface area contributed by atoms with Crippen LogP contribution in [-0.2, 0) is 33.9 Å². The summed E-state index contributed by atoms with van der Waals surface area (Å²) < 4.78 is 1.80. The number of carboxylic acids is 2. The molecule has 11 nitrogen and oxygen atoms in total. The fourth-order valence-corrected chi connectivity index (χ4v) is 4.08. The molecule has 2 amide bonds. The van der Waals surface area contributed by atoms with Crippen LogP contribution < -0.4 is 10.6 Å². The smallest absolute Gasteiger partial charge is 0.336 e. The molecular formula is C28H33N5O6. The van der Waals surface area contributed by atoms with Crippen LogP contribution in [0.1, 0.15) is 67.1 Å². The van der Waals surface area contributed by atoms with Gasteiger partial charge in [0.05, 0.1) is 18.7 Å². The summed E-state index contributed by atoms with van der Waals surface area (Å²) in [5, 5.41) is 28.3. The number of unbranched alkanes of at least 4 members (excludes halogenated alkanes) is 1. The van der Waals surface area contributed by atoms with Crippen LogP contribution in [0.15, 0.2) is 48.5 Å². The Balaban J connectivity index is 1.66. The maximum Gasteiger partial charge on any atom is 0.336 e. The third-order valence-electron chi connectivity index (χ3n) is 6.08. The van der Waals surface area contributed by atoms with Crippen LogP contribution in [-0.4, -0.2) is 54.8 Å². The first-order chi connectivity index (χ1) is 18.7. The second-order valence-electron chi connectivity index (χ2n) is 9.16. The molecule has 0 fully saturated rings. The quantitative estimate of drug-likeness (QED) is 0.245. The van der Waals surface area contributed by atoms with Gasteiger partial charge in [0, 0.05) is 19.8 Å². The number of nitrogens with one attached hydrogen (secondary N) is 2. The van der Waals surface area contributed by atoms with Crippen molar-refractivity contribution in [1.82, 2.24) is 25.4 Å². The molecule has 1 unspecified atom stereocenters. The molecule has 3 rings (SSSR count). The highest BCUT2D eigenvalue weighted by Crippen LogP contribution is 2.24. The lowest BCUT2D eigenvalue weighted by Crippen LogP contribution is -2.40. The van der Waals surface area contributed by atoms with E-state index in [1.165, 1.54) is 6.92 Å². The fourth-order valence-electron chi connectivity index (χ4n) is 4.08. The monoisotopic (exact) mass is 535 g/mol. The Hall–Kier alpha value is -4.54. The average Bonchev–Trinajstić information content (AvgIpc) is 3.29. The van der Waals surface area contributed by atoms with Gasteiger partial charge in [-0.2, -0.15) is 5.10 Å². The summed E-state index contributed by atoms with van der Waals surface area (Å²) in [6, 6.07) is 13.3. The van der Waals surface area contributed by atoms with Gasteiger partial charge in [0.15, 0.2) is 5.82 Å². The van der Waals surface area contributed by atoms with Crippen LogP contribution in [0, 0.1) is 0 Å². The topological polar surface area (TPSA) is 164 Å². The maximum atomic E-state index is 12.3. The first-order valence-electron chi connectivity index (χ1n) is 12.8. The molecule has 206 valence electrons. The molecule has 0 aliphatic carbocycles. The van der Waals surface area contributed by atoms with Crippen LogP contribution in [0.25, 0.3) is 11.1 Å². The van der Waals surface area contributed by atoms with E-state index >= 15 is 0 Å². The average molecular weight is 536 g/mol. The Bertz CT molecular complexity index is 1320. The number of aromatic carboxylic acids is 1. The van der Waals surface area contributed by atoms with Gasteiger partial charge in [-0.15, -0.1) is 0 Å². The predicted molar refractivity (Wildman–Crippen MR) is 143 cm³/mol. The van der Waals surface area contributed by atoms with Gasteiger partial charge in [-0.3, -0.25) is 9.59 Å². The predicted octanol–water partition coefficient (Wildman–Crippen LogP) is 3.02. The number of amides is 2. The van der Waals surface area contributed by atoms with Crippen molar-refractivity contribution in [3.63, 3.8) is 0 Å². The van der Waals surface area contributed by atoms with Gasteiger partial charge in [-0.25, -0.2) is 19.3 Å². The summed E-state index contributed by atoms with van der Waals surface area (Å²) in [4.78, 5) is 50.9. The molecule has 0 saturated heterocycles. The van der Waals surface area contributed by atoms with Crippen molar-refractivity contribution in [3.05, 3.63) is 71.3 Å². The third-order valence-corrected chi connectivity index (χ3v) is 6.08. The van der Waals surface area contributed by atoms with E-state index in [2.05, 4.69) is 27.6 Å². The highest BCUT2D eigenvalue weighted by Gasteiger charge is 2.20. The van der Waals surface area contributed by atoms with E-state index in [1.807, 2.05) is 24.3 Å². The first kappa shape index (κ1) is 29.0. The van der Waals surface area contributed by atoms with Gasteiger partial charge in [0.2, 0.25) is 11.8 Å². The van der Waals surface area contributed by atoms with Crippen molar-refractivity contribution < 1.29 is 29.4 Å². The van der Waals surface area contributed by atoms with E-state index in [4.69, 9.17) is 0 Å². The number of carbonyl (C=O) groups excluding carboxylic acids is 2. The molecule has 2 aromatic carbocycles. The molecule has 11 heteroatoms. The zero-order valence-electron chi connectivity index (χ0n) is 22.0. The maximum absolute atomic E-state index is 12.3. The molecular weight excluding hydrogens is 502 g/mol. The lowest BCUT2D eigenvalue weighted by Gasteiger charge is -2.12. The van der Waals surface area contributed by atoms with E-state index in [-0.39, 0.29) is 30.9 Å². The van der Waals surface area contributed by atoms with E-state index in [1.54, 1.807) is 28.9 Å². The van der Waals surface area contributed by atoms with E-state index in [0.29, 0.717) is 17.9 Å². The van der Waals surface area contributed by atoms with Gasteiger partial charge in [0.25, 0.3) is 0 Å². The molecule has 0 aliphatic heterocycles. The molecule has 0 radical (unpaired) electrons. The normalized spacial score (nSPS) is 11.5. The van der Waals surface area contributed by atoms with Crippen LogP contribution in [0.5, 0.6) is 0 Å². The molecule has 0 spiro atoms. The Morgan fingerprint density at radius 1 is 1.03 bits per heavy atom. The van der Waals surface area contributed by atoms with Crippen molar-refractivity contribution in [3.8, 4) is 11.1 Å². The molecule has 0 bridgehead atoms. The van der Waals surface area contributed by atoms with E-state index in [9.17, 15) is 29.4 Å². The summed E-state index contributed by atoms with van der Waals surface area (Å²) >= 11 is 0. The van der Waals surface area contributed by atoms with E-state index < -0.39 is 23.9 Å². The minimum Gasteiger partial charge on any atom is -0.480 e. The molecule has 0 aliphatic rings. The van der Waals surface area contributed by atoms with Crippen molar-refractivity contribution in [1.29, 1.82) is 0 Å². The number of carboxylic acid groups (broad SMARTS) is 2. The Morgan fingerprint density at radius 2 is 1.74 bits per heavy atom. The summed E-state index contributed by atoms with van der Waals surface area (Å²) in [5.74, 6) is -1.78. The number of rotatable bonds is 14. The fraction of sp³-hybridized carbons (Fsp3) is 0.357. The second kappa shape index (κ2) is 13.8. The number of carbonyl (C=O) groups is 4. The zero-order valence-corrected chi connectivity index (χ0v) is 22.0. The summed E-state index contributed by atoms with van der Waals surface area (Å²) in [7, 11) is 0. The third kappa shape index (κ3) is 8.49. The summed E-state index contributed by atoms with van der Waals surface area (Å²) in [5.41, 5.74) is 2.64. The zero-order chi connectivity index (χ0) is 28.4. The van der Waals surface area contributed by atoms with E-state index in [0.717, 1.165) is 36.2 Å². The number of aryl methyl sites for hydroxylation is 1. The molecule has 4 N–H and O–H groups in total. The van der Waals surface area contributed by atoms with Crippen LogP contribution in [0.2, 0.25) is 0 Å². The standard InChI is InChI=1S/C28H33N5O6/c1-3-4-9-25-31-24(16-29-26(35)15-14-23(28(38)39)30-18(2)34)32-33(25)17-19-10-12-20(13-11-19)21-7-5-6-8-22(21)27(36)37/h5-8,10-13,23H,3-4,9,14-17H2,1-2H3,(H,29,35)(H,30,34)(H,36,37)(H,38,39). The number of nitrogens with zero attached hydrogens (tertiary/aromatic N) is 3. The lowest BCUT2D eigenvalue weighted by atomic mass is 9.99. The molecule has 1 heterocycles. The minimum atomic E-state index is -1.20. The molecule has 39 heavy (non-hydrogen) atoms. The van der Waals surface area contributed by atoms with Crippen LogP contribution in [0.3, 0.4) is 0 Å². The highest BCUT2D eigenvalue weighted by molar-refractivity contribution is 5.96. The van der Waals surface area contributed by atoms with Crippen LogP contribution >= 0.6 is 0 Å². The molecule has 3 aromatic rings. The van der Waals surface area contributed by atoms with Crippen molar-refractivity contribution >= 4 is 23.8 Å². The van der Waals surface area contributed by atoms with Gasteiger partial charge in [0.1, 0.15) is 11.9 Å². The van der Waals surface area contributed by atoms with Crippen molar-refractivity contribution in [2.24, 2.45) is 0 Å². The van der Waals surface area contributed by atoms with Gasteiger partial charge in [-0.1, -0.05) is 55.8 Å². The lowest BCUT2D eigenvalue weighted by molar-refractivity contribution is -0.141. The number of hydrogen-bond acceptors (Lipinski definition) is 6. The van der Waals surface area contributed by atoms with Crippen molar-refractivity contribution in [2.75, 3.05) is 0 Å². The second-order valence-corrected chi connectivity index (χ2v) is 9.16. The highest BCUT2D eigenvalue weighted by atomic mass is 16.4. The molecule has 1 aromatic heterocycles. The summed E-state index contributed by atoms with van der Waals surface area (Å²) in [6.07, 6.45) is 2.53. The Kier molecular flexibility index (Phi) is 10.3. The Labute approximate surface area is 226 Å². The number of aromatic nitrogens is 3. The molecule has 1 atom stereocenters. The van der Waals surface area contributed by atoms with Crippen LogP contribution in [0.4, 0.5) is 0 Å². The first-order valence-corrected chi connectivity index (χ1v) is 12.8. The van der Waals surface area contributed by atoms with Gasteiger partial charge >= 0.3 is 11.9 Å².